The average molecular weight is 442 g/mol. The van der Waals surface area contributed by atoms with Gasteiger partial charge in [0.25, 0.3) is 5.91 Å². The average Bonchev–Trinajstić information content (AvgIpc) is 2.74. The van der Waals surface area contributed by atoms with E-state index in [4.69, 9.17) is 4.74 Å². The highest BCUT2D eigenvalue weighted by atomic mass is 32.2. The second kappa shape index (κ2) is 10.3. The van der Waals surface area contributed by atoms with Crippen molar-refractivity contribution >= 4 is 27.7 Å². The van der Waals surface area contributed by atoms with Crippen LogP contribution in [-0.4, -0.2) is 83.4 Å². The zero-order valence-corrected chi connectivity index (χ0v) is 18.9. The van der Waals surface area contributed by atoms with Crippen molar-refractivity contribution < 1.29 is 17.9 Å². The van der Waals surface area contributed by atoms with E-state index in [0.29, 0.717) is 44.3 Å². The Morgan fingerprint density at radius 1 is 1.21 bits per heavy atom. The number of carbonyl (C=O) groups is 1. The number of piperidine rings is 1. The van der Waals surface area contributed by atoms with Gasteiger partial charge in [0.05, 0.1) is 23.7 Å². The molecule has 29 heavy (non-hydrogen) atoms. The molecule has 2 fully saturated rings. The van der Waals surface area contributed by atoms with Gasteiger partial charge in [0, 0.05) is 24.5 Å². The van der Waals surface area contributed by atoms with Crippen LogP contribution in [0.4, 0.5) is 0 Å². The van der Waals surface area contributed by atoms with Gasteiger partial charge in [-0.15, -0.1) is 11.8 Å². The molecule has 0 spiro atoms. The summed E-state index contributed by atoms with van der Waals surface area (Å²) in [6.45, 7) is 4.64. The Morgan fingerprint density at radius 3 is 2.55 bits per heavy atom. The molecule has 0 bridgehead atoms. The van der Waals surface area contributed by atoms with Gasteiger partial charge in [0.2, 0.25) is 10.0 Å². The fourth-order valence-electron chi connectivity index (χ4n) is 3.79. The fourth-order valence-corrected chi connectivity index (χ4v) is 5.43. The molecule has 3 rings (SSSR count). The van der Waals surface area contributed by atoms with Crippen LogP contribution in [0.5, 0.6) is 0 Å². The van der Waals surface area contributed by atoms with Gasteiger partial charge in [-0.2, -0.15) is 0 Å². The summed E-state index contributed by atoms with van der Waals surface area (Å²) in [4.78, 5) is 17.9. The Labute approximate surface area is 178 Å². The number of thioether (sulfide) groups is 1. The number of hydrogen-bond acceptors (Lipinski definition) is 6. The van der Waals surface area contributed by atoms with Gasteiger partial charge in [0.15, 0.2) is 0 Å². The maximum atomic E-state index is 12.9. The molecular formula is C20H31N3O4S2. The number of ether oxygens (including phenoxy) is 1. The molecule has 1 aromatic rings. The van der Waals surface area contributed by atoms with Gasteiger partial charge in [-0.1, -0.05) is 0 Å². The van der Waals surface area contributed by atoms with Crippen molar-refractivity contribution in [2.24, 2.45) is 5.92 Å². The molecule has 1 N–H and O–H groups in total. The number of likely N-dealkylation sites (tertiary alicyclic amines) is 1. The maximum absolute atomic E-state index is 12.9. The highest BCUT2D eigenvalue weighted by Gasteiger charge is 2.24. The fraction of sp³-hybridized carbons (Fsp3) is 0.650. The SMILES string of the molecule is CSc1ccc(S(=O)(=O)NCCC2CCN(C)CC2)cc1C(=O)N1CCOCC1. The van der Waals surface area contributed by atoms with Crippen molar-refractivity contribution in [3.05, 3.63) is 23.8 Å². The molecule has 0 aliphatic carbocycles. The zero-order valence-electron chi connectivity index (χ0n) is 17.2. The van der Waals surface area contributed by atoms with E-state index in [2.05, 4.69) is 16.7 Å². The van der Waals surface area contributed by atoms with Crippen molar-refractivity contribution in [2.75, 3.05) is 59.2 Å². The Morgan fingerprint density at radius 2 is 1.90 bits per heavy atom. The number of morpholine rings is 1. The van der Waals surface area contributed by atoms with E-state index in [9.17, 15) is 13.2 Å². The van der Waals surface area contributed by atoms with E-state index in [1.54, 1.807) is 17.0 Å². The normalized spacial score (nSPS) is 19.4. The molecule has 0 unspecified atom stereocenters. The standard InChI is InChI=1S/C20H31N3O4S2/c1-22-9-6-16(7-10-22)5-8-21-29(25,26)17-3-4-19(28-2)18(15-17)20(24)23-11-13-27-14-12-23/h3-4,15-16,21H,5-14H2,1-2H3. The Hall–Kier alpha value is -1.13. The van der Waals surface area contributed by atoms with Crippen molar-refractivity contribution in [2.45, 2.75) is 29.1 Å². The first-order valence-electron chi connectivity index (χ1n) is 10.1. The third-order valence-electron chi connectivity index (χ3n) is 5.69. The first-order chi connectivity index (χ1) is 13.9. The lowest BCUT2D eigenvalue weighted by molar-refractivity contribution is 0.0300. The second-order valence-electron chi connectivity index (χ2n) is 7.70. The number of rotatable bonds is 7. The van der Waals surface area contributed by atoms with Crippen LogP contribution in [0.25, 0.3) is 0 Å². The second-order valence-corrected chi connectivity index (χ2v) is 10.3. The number of sulfonamides is 1. The number of benzene rings is 1. The molecule has 2 heterocycles. The van der Waals surface area contributed by atoms with Gasteiger partial charge in [-0.05, 0) is 69.8 Å². The number of hydrogen-bond donors (Lipinski definition) is 1. The van der Waals surface area contributed by atoms with Crippen LogP contribution in [-0.2, 0) is 14.8 Å². The summed E-state index contributed by atoms with van der Waals surface area (Å²) in [6.07, 6.45) is 4.95. The van der Waals surface area contributed by atoms with Crippen LogP contribution in [0.15, 0.2) is 28.0 Å². The predicted molar refractivity (Wildman–Crippen MR) is 115 cm³/mol. The molecule has 7 nitrogen and oxygen atoms in total. The van der Waals surface area contributed by atoms with Crippen LogP contribution < -0.4 is 4.72 Å². The predicted octanol–water partition coefficient (Wildman–Crippen LogP) is 1.89. The molecular weight excluding hydrogens is 410 g/mol. The summed E-state index contributed by atoms with van der Waals surface area (Å²) in [7, 11) is -1.53. The van der Waals surface area contributed by atoms with E-state index in [0.717, 1.165) is 37.2 Å². The van der Waals surface area contributed by atoms with Crippen molar-refractivity contribution in [3.63, 3.8) is 0 Å². The van der Waals surface area contributed by atoms with Gasteiger partial charge in [0.1, 0.15) is 0 Å². The third kappa shape index (κ3) is 5.95. The molecule has 1 amide bonds. The van der Waals surface area contributed by atoms with E-state index >= 15 is 0 Å². The molecule has 0 saturated carbocycles. The topological polar surface area (TPSA) is 79.0 Å². The van der Waals surface area contributed by atoms with Gasteiger partial charge >= 0.3 is 0 Å². The molecule has 9 heteroatoms. The van der Waals surface area contributed by atoms with Gasteiger partial charge in [-0.3, -0.25) is 4.79 Å². The lowest BCUT2D eigenvalue weighted by Crippen LogP contribution is -2.41. The lowest BCUT2D eigenvalue weighted by Gasteiger charge is -2.29. The molecule has 0 atom stereocenters. The first-order valence-corrected chi connectivity index (χ1v) is 12.8. The maximum Gasteiger partial charge on any atom is 0.255 e. The molecule has 162 valence electrons. The summed E-state index contributed by atoms with van der Waals surface area (Å²) < 4.78 is 33.6. The van der Waals surface area contributed by atoms with E-state index in [1.165, 1.54) is 17.8 Å². The monoisotopic (exact) mass is 441 g/mol. The first kappa shape index (κ1) is 22.6. The minimum Gasteiger partial charge on any atom is -0.378 e. The quantitative estimate of drug-likeness (QED) is 0.651. The summed E-state index contributed by atoms with van der Waals surface area (Å²) in [6, 6.07) is 4.82. The summed E-state index contributed by atoms with van der Waals surface area (Å²) in [5.41, 5.74) is 0.442. The van der Waals surface area contributed by atoms with Crippen LogP contribution in [0, 0.1) is 5.92 Å². The molecule has 0 radical (unpaired) electrons. The smallest absolute Gasteiger partial charge is 0.255 e. The van der Waals surface area contributed by atoms with Crippen LogP contribution >= 0.6 is 11.8 Å². The highest BCUT2D eigenvalue weighted by Crippen LogP contribution is 2.26. The van der Waals surface area contributed by atoms with E-state index in [1.807, 2.05) is 6.26 Å². The third-order valence-corrected chi connectivity index (χ3v) is 7.95. The summed E-state index contributed by atoms with van der Waals surface area (Å²) >= 11 is 1.45. The van der Waals surface area contributed by atoms with Gasteiger partial charge in [-0.25, -0.2) is 13.1 Å². The molecule has 2 saturated heterocycles. The molecule has 2 aliphatic heterocycles. The highest BCUT2D eigenvalue weighted by molar-refractivity contribution is 7.98. The van der Waals surface area contributed by atoms with Crippen molar-refractivity contribution in [3.8, 4) is 0 Å². The minimum atomic E-state index is -3.65. The van der Waals surface area contributed by atoms with Crippen LogP contribution in [0.2, 0.25) is 0 Å². The number of amides is 1. The Kier molecular flexibility index (Phi) is 7.98. The Balaban J connectivity index is 1.67. The van der Waals surface area contributed by atoms with E-state index in [-0.39, 0.29) is 10.8 Å². The van der Waals surface area contributed by atoms with Crippen molar-refractivity contribution in [1.82, 2.24) is 14.5 Å². The Bertz CT molecular complexity index is 802. The largest absolute Gasteiger partial charge is 0.378 e. The number of nitrogens with zero attached hydrogens (tertiary/aromatic N) is 2. The van der Waals surface area contributed by atoms with Crippen LogP contribution in [0.1, 0.15) is 29.6 Å². The lowest BCUT2D eigenvalue weighted by atomic mass is 9.94. The van der Waals surface area contributed by atoms with Crippen molar-refractivity contribution in [1.29, 1.82) is 0 Å². The summed E-state index contributed by atoms with van der Waals surface area (Å²) in [5, 5.41) is 0. The van der Waals surface area contributed by atoms with Gasteiger partial charge < -0.3 is 14.5 Å². The van der Waals surface area contributed by atoms with E-state index < -0.39 is 10.0 Å². The number of nitrogens with one attached hydrogen (secondary N) is 1. The molecule has 0 aromatic heterocycles. The zero-order chi connectivity index (χ0) is 20.9. The molecule has 1 aromatic carbocycles. The number of carbonyl (C=O) groups excluding carboxylic acids is 1. The minimum absolute atomic E-state index is 0.138. The van der Waals surface area contributed by atoms with Crippen LogP contribution in [0.3, 0.4) is 0 Å². The summed E-state index contributed by atoms with van der Waals surface area (Å²) in [5.74, 6) is 0.423. The molecule has 2 aliphatic rings.